The molecule has 0 amide bonds. The van der Waals surface area contributed by atoms with Gasteiger partial charge in [0.15, 0.2) is 0 Å². The minimum absolute atomic E-state index is 0.253. The number of pyridine rings is 1. The lowest BCUT2D eigenvalue weighted by Gasteiger charge is -2.17. The van der Waals surface area contributed by atoms with Crippen LogP contribution in [0.4, 0.5) is 4.39 Å². The SMILES string of the molecule is CNC(Cc1cccc(Cl)c1Cl)c1ncccc1F. The third-order valence-electron chi connectivity index (χ3n) is 2.92. The highest BCUT2D eigenvalue weighted by Crippen LogP contribution is 2.29. The number of likely N-dealkylation sites (N-methyl/N-ethyl adjacent to an activating group) is 1. The number of nitrogens with zero attached hydrogens (tertiary/aromatic N) is 1. The molecule has 1 unspecified atom stereocenters. The molecular weight excluding hydrogens is 286 g/mol. The van der Waals surface area contributed by atoms with Crippen LogP contribution in [0.25, 0.3) is 0 Å². The topological polar surface area (TPSA) is 24.9 Å². The molecule has 0 saturated carbocycles. The van der Waals surface area contributed by atoms with Crippen LogP contribution in [0.2, 0.25) is 10.0 Å². The number of halogens is 3. The van der Waals surface area contributed by atoms with E-state index in [0.717, 1.165) is 5.56 Å². The molecule has 0 saturated heterocycles. The predicted octanol–water partition coefficient (Wildman–Crippen LogP) is 4.03. The van der Waals surface area contributed by atoms with Gasteiger partial charge in [-0.2, -0.15) is 0 Å². The van der Waals surface area contributed by atoms with Gasteiger partial charge in [0.2, 0.25) is 0 Å². The Morgan fingerprint density at radius 3 is 2.74 bits per heavy atom. The number of aromatic nitrogens is 1. The zero-order chi connectivity index (χ0) is 13.8. The maximum Gasteiger partial charge on any atom is 0.146 e. The fourth-order valence-corrected chi connectivity index (χ4v) is 2.31. The van der Waals surface area contributed by atoms with Gasteiger partial charge >= 0.3 is 0 Å². The summed E-state index contributed by atoms with van der Waals surface area (Å²) in [4.78, 5) is 4.08. The molecule has 1 heterocycles. The van der Waals surface area contributed by atoms with Crippen LogP contribution < -0.4 is 5.32 Å². The Bertz CT molecular complexity index is 575. The van der Waals surface area contributed by atoms with E-state index in [0.29, 0.717) is 22.2 Å². The maximum atomic E-state index is 13.7. The summed E-state index contributed by atoms with van der Waals surface area (Å²) < 4.78 is 13.7. The number of rotatable bonds is 4. The average molecular weight is 299 g/mol. The van der Waals surface area contributed by atoms with E-state index >= 15 is 0 Å². The Morgan fingerprint density at radius 2 is 2.05 bits per heavy atom. The fourth-order valence-electron chi connectivity index (χ4n) is 1.92. The Morgan fingerprint density at radius 1 is 1.26 bits per heavy atom. The van der Waals surface area contributed by atoms with Crippen molar-refractivity contribution in [1.82, 2.24) is 10.3 Å². The fraction of sp³-hybridized carbons (Fsp3) is 0.214. The van der Waals surface area contributed by atoms with E-state index in [1.807, 2.05) is 12.1 Å². The van der Waals surface area contributed by atoms with Crippen LogP contribution in [0.5, 0.6) is 0 Å². The normalized spacial score (nSPS) is 12.4. The number of hydrogen-bond acceptors (Lipinski definition) is 2. The Labute approximate surface area is 121 Å². The highest BCUT2D eigenvalue weighted by molar-refractivity contribution is 6.42. The molecule has 0 spiro atoms. The van der Waals surface area contributed by atoms with Gasteiger partial charge in [-0.15, -0.1) is 0 Å². The molecule has 1 N–H and O–H groups in total. The molecule has 0 bridgehead atoms. The first-order valence-electron chi connectivity index (χ1n) is 5.84. The molecule has 0 aliphatic rings. The van der Waals surface area contributed by atoms with Gasteiger partial charge < -0.3 is 5.32 Å². The lowest BCUT2D eigenvalue weighted by atomic mass is 10.0. The van der Waals surface area contributed by atoms with Crippen LogP contribution in [0, 0.1) is 5.82 Å². The predicted molar refractivity (Wildman–Crippen MR) is 76.2 cm³/mol. The van der Waals surface area contributed by atoms with Crippen LogP contribution in [-0.4, -0.2) is 12.0 Å². The molecule has 0 aliphatic carbocycles. The molecule has 0 fully saturated rings. The monoisotopic (exact) mass is 298 g/mol. The van der Waals surface area contributed by atoms with Crippen molar-refractivity contribution in [2.45, 2.75) is 12.5 Å². The number of nitrogens with one attached hydrogen (secondary N) is 1. The minimum atomic E-state index is -0.333. The Balaban J connectivity index is 2.30. The van der Waals surface area contributed by atoms with E-state index < -0.39 is 0 Å². The Hall–Kier alpha value is -1.16. The summed E-state index contributed by atoms with van der Waals surface area (Å²) in [6.07, 6.45) is 2.09. The second-order valence-electron chi connectivity index (χ2n) is 4.13. The van der Waals surface area contributed by atoms with Crippen molar-refractivity contribution in [1.29, 1.82) is 0 Å². The molecule has 2 aromatic rings. The molecule has 1 aromatic carbocycles. The van der Waals surface area contributed by atoms with Crippen molar-refractivity contribution in [3.63, 3.8) is 0 Å². The van der Waals surface area contributed by atoms with Crippen molar-refractivity contribution >= 4 is 23.2 Å². The average Bonchev–Trinajstić information content (AvgIpc) is 2.41. The van der Waals surface area contributed by atoms with Crippen molar-refractivity contribution in [3.05, 3.63) is 63.6 Å². The van der Waals surface area contributed by atoms with Crippen molar-refractivity contribution in [3.8, 4) is 0 Å². The second-order valence-corrected chi connectivity index (χ2v) is 4.91. The molecule has 2 nitrogen and oxygen atoms in total. The molecule has 1 aromatic heterocycles. The summed E-state index contributed by atoms with van der Waals surface area (Å²) in [6.45, 7) is 0. The molecule has 1 atom stereocenters. The third kappa shape index (κ3) is 3.24. The van der Waals surface area contributed by atoms with Crippen molar-refractivity contribution < 1.29 is 4.39 Å². The summed E-state index contributed by atoms with van der Waals surface area (Å²) in [6, 6.07) is 8.13. The molecule has 2 rings (SSSR count). The zero-order valence-corrected chi connectivity index (χ0v) is 11.8. The van der Waals surface area contributed by atoms with Crippen LogP contribution >= 0.6 is 23.2 Å². The summed E-state index contributed by atoms with van der Waals surface area (Å²) in [5, 5.41) is 4.05. The summed E-state index contributed by atoms with van der Waals surface area (Å²) in [5.41, 5.74) is 1.24. The summed E-state index contributed by atoms with van der Waals surface area (Å²) in [5.74, 6) is -0.333. The lowest BCUT2D eigenvalue weighted by Crippen LogP contribution is -2.21. The zero-order valence-electron chi connectivity index (χ0n) is 10.3. The minimum Gasteiger partial charge on any atom is -0.311 e. The largest absolute Gasteiger partial charge is 0.311 e. The van der Waals surface area contributed by atoms with E-state index in [4.69, 9.17) is 23.2 Å². The van der Waals surface area contributed by atoms with Crippen molar-refractivity contribution in [2.75, 3.05) is 7.05 Å². The molecule has 19 heavy (non-hydrogen) atoms. The van der Waals surface area contributed by atoms with E-state index in [2.05, 4.69) is 10.3 Å². The molecular formula is C14H13Cl2FN2. The van der Waals surface area contributed by atoms with Gasteiger partial charge in [0.25, 0.3) is 0 Å². The van der Waals surface area contributed by atoms with Gasteiger partial charge in [-0.05, 0) is 37.2 Å². The first kappa shape index (κ1) is 14.3. The highest BCUT2D eigenvalue weighted by atomic mass is 35.5. The van der Waals surface area contributed by atoms with Crippen molar-refractivity contribution in [2.24, 2.45) is 0 Å². The van der Waals surface area contributed by atoms with Gasteiger partial charge in [-0.25, -0.2) is 4.39 Å². The first-order valence-corrected chi connectivity index (χ1v) is 6.59. The van der Waals surface area contributed by atoms with Crippen LogP contribution in [0.1, 0.15) is 17.3 Å². The third-order valence-corrected chi connectivity index (χ3v) is 3.78. The van der Waals surface area contributed by atoms with Gasteiger partial charge in [-0.3, -0.25) is 4.98 Å². The number of hydrogen-bond donors (Lipinski definition) is 1. The molecule has 100 valence electrons. The molecule has 0 aliphatic heterocycles. The Kier molecular flexibility index (Phi) is 4.75. The van der Waals surface area contributed by atoms with Crippen LogP contribution in [0.15, 0.2) is 36.5 Å². The molecule has 5 heteroatoms. The van der Waals surface area contributed by atoms with Crippen LogP contribution in [-0.2, 0) is 6.42 Å². The summed E-state index contributed by atoms with van der Waals surface area (Å²) in [7, 11) is 1.76. The number of benzene rings is 1. The van der Waals surface area contributed by atoms with E-state index in [-0.39, 0.29) is 11.9 Å². The summed E-state index contributed by atoms with van der Waals surface area (Å²) >= 11 is 12.1. The van der Waals surface area contributed by atoms with Gasteiger partial charge in [0, 0.05) is 6.20 Å². The van der Waals surface area contributed by atoms with E-state index in [1.54, 1.807) is 25.4 Å². The van der Waals surface area contributed by atoms with E-state index in [9.17, 15) is 4.39 Å². The highest BCUT2D eigenvalue weighted by Gasteiger charge is 2.17. The second kappa shape index (κ2) is 6.33. The maximum absolute atomic E-state index is 13.7. The van der Waals surface area contributed by atoms with Gasteiger partial charge in [-0.1, -0.05) is 35.3 Å². The van der Waals surface area contributed by atoms with Crippen LogP contribution in [0.3, 0.4) is 0 Å². The first-order chi connectivity index (χ1) is 9.13. The van der Waals surface area contributed by atoms with E-state index in [1.165, 1.54) is 6.07 Å². The lowest BCUT2D eigenvalue weighted by molar-refractivity contribution is 0.517. The standard InChI is InChI=1S/C14H13Cl2FN2/c1-18-12(14-11(17)6-3-7-19-14)8-9-4-2-5-10(15)13(9)16/h2-7,12,18H,8H2,1H3. The van der Waals surface area contributed by atoms with Gasteiger partial charge in [0.1, 0.15) is 5.82 Å². The smallest absolute Gasteiger partial charge is 0.146 e. The molecule has 0 radical (unpaired) electrons. The van der Waals surface area contributed by atoms with Gasteiger partial charge in [0.05, 0.1) is 21.8 Å². The quantitative estimate of drug-likeness (QED) is 0.922.